The van der Waals surface area contributed by atoms with Crippen molar-refractivity contribution in [1.82, 2.24) is 0 Å². The predicted octanol–water partition coefficient (Wildman–Crippen LogP) is 9.01. The van der Waals surface area contributed by atoms with Crippen LogP contribution in [0.15, 0.2) is 84.9 Å². The molecule has 0 aliphatic heterocycles. The summed E-state index contributed by atoms with van der Waals surface area (Å²) in [6.45, 7) is 0. The van der Waals surface area contributed by atoms with Gasteiger partial charge in [-0.15, -0.1) is 0 Å². The minimum atomic E-state index is -0.956. The number of nitrogens with zero attached hydrogens (tertiary/aromatic N) is 4. The molecule has 0 unspecified atom stereocenters. The second kappa shape index (κ2) is 16.0. The molecule has 5 aromatic carbocycles. The maximum Gasteiger partial charge on any atom is 0.158 e. The van der Waals surface area contributed by atoms with E-state index in [0.29, 0.717) is 35.1 Å². The van der Waals surface area contributed by atoms with Crippen molar-refractivity contribution in [3.05, 3.63) is 129 Å². The lowest BCUT2D eigenvalue weighted by Gasteiger charge is -2.18. The number of unbranched alkanes of at least 4 members (excludes halogenated alkanes) is 2. The molecule has 0 amide bonds. The molecule has 5 rings (SSSR count). The Morgan fingerprint density at radius 3 is 1.27 bits per heavy atom. The molecule has 0 aromatic heterocycles. The van der Waals surface area contributed by atoms with Gasteiger partial charge in [-0.2, -0.15) is 21.0 Å². The van der Waals surface area contributed by atoms with Crippen LogP contribution in [0.2, 0.25) is 0 Å². The van der Waals surface area contributed by atoms with Crippen molar-refractivity contribution in [3.63, 3.8) is 0 Å². The van der Waals surface area contributed by atoms with Crippen LogP contribution in [0.5, 0.6) is 0 Å². The molecule has 234 valence electrons. The summed E-state index contributed by atoms with van der Waals surface area (Å²) in [6.07, 6.45) is 7.81. The highest BCUT2D eigenvalue weighted by Gasteiger charge is 2.21. The van der Waals surface area contributed by atoms with Crippen molar-refractivity contribution >= 4 is 34.1 Å². The van der Waals surface area contributed by atoms with Crippen LogP contribution in [0, 0.1) is 45.3 Å². The van der Waals surface area contributed by atoms with E-state index in [9.17, 15) is 30.6 Å². The molecule has 0 radical (unpaired) electrons. The van der Waals surface area contributed by atoms with Gasteiger partial charge >= 0.3 is 0 Å². The van der Waals surface area contributed by atoms with Crippen molar-refractivity contribution in [1.29, 1.82) is 21.0 Å². The summed E-state index contributed by atoms with van der Waals surface area (Å²) in [7, 11) is 0. The van der Waals surface area contributed by atoms with Crippen LogP contribution >= 0.6 is 0 Å². The van der Waals surface area contributed by atoms with Crippen LogP contribution in [0.4, 0.5) is 0 Å². The zero-order chi connectivity index (χ0) is 33.9. The Kier molecular flexibility index (Phi) is 11.1. The lowest BCUT2D eigenvalue weighted by Crippen LogP contribution is -2.08. The molecule has 0 heterocycles. The first-order valence-electron chi connectivity index (χ1n) is 16.2. The fourth-order valence-electron chi connectivity index (χ4n) is 6.53. The van der Waals surface area contributed by atoms with E-state index in [4.69, 9.17) is 0 Å². The van der Waals surface area contributed by atoms with Crippen molar-refractivity contribution in [3.8, 4) is 24.3 Å². The highest BCUT2D eigenvalue weighted by atomic mass is 16.1. The molecule has 6 heteroatoms. The van der Waals surface area contributed by atoms with Gasteiger partial charge in [-0.1, -0.05) is 84.9 Å². The normalized spacial score (nSPS) is 10.8. The lowest BCUT2D eigenvalue weighted by molar-refractivity contribution is 0.111. The molecule has 0 atom stereocenters. The van der Waals surface area contributed by atoms with E-state index in [1.54, 1.807) is 0 Å². The zero-order valence-electron chi connectivity index (χ0n) is 26.7. The van der Waals surface area contributed by atoms with E-state index in [0.717, 1.165) is 94.9 Å². The summed E-state index contributed by atoms with van der Waals surface area (Å²) in [4.78, 5) is 23.0. The Labute approximate surface area is 281 Å². The SMILES string of the molecule is N#CC(C#N)c1cc(CCCCc2ccc3cccc(C=O)c3c2)c(C(C#N)C#N)cc1CCCCc1ccc2cccc(C=O)c2c1. The first-order valence-corrected chi connectivity index (χ1v) is 16.2. The van der Waals surface area contributed by atoms with Crippen LogP contribution < -0.4 is 0 Å². The highest BCUT2D eigenvalue weighted by molar-refractivity contribution is 5.99. The quantitative estimate of drug-likeness (QED) is 0.0893. The summed E-state index contributed by atoms with van der Waals surface area (Å²) < 4.78 is 0. The molecule has 0 aliphatic rings. The molecule has 0 aliphatic carbocycles. The number of carbonyl (C=O) groups is 2. The topological polar surface area (TPSA) is 129 Å². The first kappa shape index (κ1) is 33.3. The number of benzene rings is 5. The van der Waals surface area contributed by atoms with Gasteiger partial charge in [0.2, 0.25) is 0 Å². The van der Waals surface area contributed by atoms with Crippen molar-refractivity contribution in [2.45, 2.75) is 63.2 Å². The third-order valence-electron chi connectivity index (χ3n) is 9.08. The van der Waals surface area contributed by atoms with Gasteiger partial charge in [-0.25, -0.2) is 0 Å². The first-order chi connectivity index (χ1) is 23.5. The number of rotatable bonds is 14. The molecular weight excluding hydrogens is 592 g/mol. The number of hydrogen-bond donors (Lipinski definition) is 0. The standard InChI is InChI=1S/C42H34N4O2/c43-23-37(24-44)41-22-34(10-4-2-8-30-16-18-32-12-6-14-36(28-48)40(32)20-30)42(38(25-45)26-46)21-33(41)9-3-1-7-29-15-17-31-11-5-13-35(27-47)39(31)19-29/h5-6,11-22,27-28,37-38H,1-4,7-10H2. The summed E-state index contributed by atoms with van der Waals surface area (Å²) in [6, 6.07) is 35.9. The van der Waals surface area contributed by atoms with Gasteiger partial charge in [0.15, 0.2) is 24.4 Å². The fourth-order valence-corrected chi connectivity index (χ4v) is 6.53. The predicted molar refractivity (Wildman–Crippen MR) is 186 cm³/mol. The monoisotopic (exact) mass is 626 g/mol. The minimum Gasteiger partial charge on any atom is -0.298 e. The van der Waals surface area contributed by atoms with Crippen LogP contribution in [-0.4, -0.2) is 12.6 Å². The van der Waals surface area contributed by atoms with Crippen LogP contribution in [0.25, 0.3) is 21.5 Å². The average Bonchev–Trinajstić information content (AvgIpc) is 3.13. The zero-order valence-corrected chi connectivity index (χ0v) is 26.7. The van der Waals surface area contributed by atoms with Gasteiger partial charge in [0.05, 0.1) is 24.3 Å². The molecule has 5 aromatic rings. The van der Waals surface area contributed by atoms with Gasteiger partial charge in [-0.05, 0) is 106 Å². The molecule has 0 spiro atoms. The third-order valence-corrected chi connectivity index (χ3v) is 9.08. The molecule has 0 saturated heterocycles. The van der Waals surface area contributed by atoms with Crippen LogP contribution in [0.1, 0.15) is 91.6 Å². The molecular formula is C42H34N4O2. The van der Waals surface area contributed by atoms with E-state index in [1.165, 1.54) is 0 Å². The van der Waals surface area contributed by atoms with E-state index < -0.39 is 11.8 Å². The average molecular weight is 627 g/mol. The summed E-state index contributed by atoms with van der Waals surface area (Å²) >= 11 is 0. The number of hydrogen-bond acceptors (Lipinski definition) is 6. The van der Waals surface area contributed by atoms with Crippen LogP contribution in [0.3, 0.4) is 0 Å². The van der Waals surface area contributed by atoms with Gasteiger partial charge in [0.25, 0.3) is 0 Å². The van der Waals surface area contributed by atoms with Crippen molar-refractivity contribution in [2.24, 2.45) is 0 Å². The number of aryl methyl sites for hydroxylation is 4. The molecule has 6 nitrogen and oxygen atoms in total. The number of fused-ring (bicyclic) bond motifs is 2. The van der Waals surface area contributed by atoms with Gasteiger partial charge in [0, 0.05) is 11.1 Å². The maximum atomic E-state index is 11.5. The molecule has 0 bridgehead atoms. The number of carbonyl (C=O) groups excluding carboxylic acids is 2. The summed E-state index contributed by atoms with van der Waals surface area (Å²) in [5, 5.41) is 43.3. The Hall–Kier alpha value is -6.08. The van der Waals surface area contributed by atoms with Crippen molar-refractivity contribution < 1.29 is 9.59 Å². The molecule has 0 fully saturated rings. The largest absolute Gasteiger partial charge is 0.298 e. The third kappa shape index (κ3) is 7.48. The van der Waals surface area contributed by atoms with E-state index >= 15 is 0 Å². The van der Waals surface area contributed by atoms with Gasteiger partial charge in [-0.3, -0.25) is 9.59 Å². The van der Waals surface area contributed by atoms with Crippen molar-refractivity contribution in [2.75, 3.05) is 0 Å². The van der Waals surface area contributed by atoms with Gasteiger partial charge < -0.3 is 0 Å². The summed E-state index contributed by atoms with van der Waals surface area (Å²) in [5.41, 5.74) is 6.51. The van der Waals surface area contributed by atoms with Crippen LogP contribution in [-0.2, 0) is 25.7 Å². The lowest BCUT2D eigenvalue weighted by atomic mass is 9.84. The maximum absolute atomic E-state index is 11.5. The molecule has 0 N–H and O–H groups in total. The molecule has 0 saturated carbocycles. The van der Waals surface area contributed by atoms with Gasteiger partial charge in [0.1, 0.15) is 0 Å². The Morgan fingerprint density at radius 1 is 0.500 bits per heavy atom. The summed E-state index contributed by atoms with van der Waals surface area (Å²) in [5.74, 6) is -1.91. The Bertz CT molecular complexity index is 1970. The second-order valence-corrected chi connectivity index (χ2v) is 12.1. The molecule has 48 heavy (non-hydrogen) atoms. The minimum absolute atomic E-state index is 0.601. The number of aldehydes is 2. The highest BCUT2D eigenvalue weighted by Crippen LogP contribution is 2.31. The second-order valence-electron chi connectivity index (χ2n) is 12.1. The van der Waals surface area contributed by atoms with E-state index in [-0.39, 0.29) is 0 Å². The van der Waals surface area contributed by atoms with E-state index in [2.05, 4.69) is 48.5 Å². The Balaban J connectivity index is 1.32. The van der Waals surface area contributed by atoms with E-state index in [1.807, 2.05) is 60.7 Å². The fraction of sp³-hybridized carbons (Fsp3) is 0.238. The smallest absolute Gasteiger partial charge is 0.158 e. The number of nitriles is 4. The Morgan fingerprint density at radius 2 is 0.896 bits per heavy atom.